The fourth-order valence-electron chi connectivity index (χ4n) is 3.32. The van der Waals surface area contributed by atoms with Crippen molar-refractivity contribution in [1.29, 1.82) is 0 Å². The van der Waals surface area contributed by atoms with E-state index in [-0.39, 0.29) is 5.91 Å². The van der Waals surface area contributed by atoms with Gasteiger partial charge in [0.15, 0.2) is 17.3 Å². The van der Waals surface area contributed by atoms with Crippen LogP contribution in [0.4, 0.5) is 5.69 Å². The van der Waals surface area contributed by atoms with Gasteiger partial charge in [0, 0.05) is 22.9 Å². The number of anilines is 1. The van der Waals surface area contributed by atoms with E-state index in [9.17, 15) is 4.79 Å². The third-order valence-electron chi connectivity index (χ3n) is 4.85. The van der Waals surface area contributed by atoms with Gasteiger partial charge in [0.1, 0.15) is 18.7 Å². The molecule has 0 saturated carbocycles. The average Bonchev–Trinajstić information content (AvgIpc) is 3.17. The van der Waals surface area contributed by atoms with Gasteiger partial charge in [-0.2, -0.15) is 0 Å². The number of nitrogens with zero attached hydrogens (tertiary/aromatic N) is 1. The Morgan fingerprint density at radius 1 is 0.931 bits per heavy atom. The Bertz CT molecular complexity index is 1210. The van der Waals surface area contributed by atoms with Crippen LogP contribution < -0.4 is 14.8 Å². The number of hydrogen-bond acceptors (Lipinski definition) is 5. The smallest absolute Gasteiger partial charge is 0.255 e. The lowest BCUT2D eigenvalue weighted by Gasteiger charge is -2.19. The maximum Gasteiger partial charge on any atom is 0.255 e. The molecule has 1 aliphatic heterocycles. The van der Waals surface area contributed by atoms with Crippen molar-refractivity contribution in [3.8, 4) is 22.8 Å². The van der Waals surface area contributed by atoms with Gasteiger partial charge < -0.3 is 19.3 Å². The van der Waals surface area contributed by atoms with Crippen molar-refractivity contribution in [2.24, 2.45) is 0 Å². The lowest BCUT2D eigenvalue weighted by Crippen LogP contribution is -2.16. The lowest BCUT2D eigenvalue weighted by atomic mass is 10.0. The topological polar surface area (TPSA) is 73.6 Å². The number of aryl methyl sites for hydroxylation is 1. The van der Waals surface area contributed by atoms with E-state index in [0.29, 0.717) is 47.2 Å². The molecule has 29 heavy (non-hydrogen) atoms. The van der Waals surface area contributed by atoms with Crippen LogP contribution in [0.3, 0.4) is 0 Å². The summed E-state index contributed by atoms with van der Waals surface area (Å²) in [5.74, 6) is 1.74. The molecule has 0 aliphatic carbocycles. The van der Waals surface area contributed by atoms with Gasteiger partial charge in [0.05, 0.1) is 5.39 Å². The predicted molar refractivity (Wildman–Crippen MR) is 110 cm³/mol. The molecule has 2 heterocycles. The summed E-state index contributed by atoms with van der Waals surface area (Å²) >= 11 is 0. The van der Waals surface area contributed by atoms with Crippen LogP contribution in [0.15, 0.2) is 65.2 Å². The summed E-state index contributed by atoms with van der Waals surface area (Å²) in [4.78, 5) is 12.8. The second-order valence-electron chi connectivity index (χ2n) is 6.92. The molecule has 1 N–H and O–H groups in total. The summed E-state index contributed by atoms with van der Waals surface area (Å²) in [6, 6.07) is 18.7. The Labute approximate surface area is 167 Å². The fraction of sp³-hybridized carbons (Fsp3) is 0.130. The first-order valence-corrected chi connectivity index (χ1v) is 9.35. The van der Waals surface area contributed by atoms with E-state index in [1.807, 2.05) is 31.2 Å². The van der Waals surface area contributed by atoms with E-state index in [4.69, 9.17) is 14.0 Å². The van der Waals surface area contributed by atoms with Crippen molar-refractivity contribution in [3.63, 3.8) is 0 Å². The van der Waals surface area contributed by atoms with Crippen molar-refractivity contribution < 1.29 is 18.8 Å². The van der Waals surface area contributed by atoms with Gasteiger partial charge in [-0.3, -0.25) is 4.79 Å². The number of carbonyl (C=O) groups excluding carboxylic acids is 1. The van der Waals surface area contributed by atoms with Gasteiger partial charge in [-0.1, -0.05) is 35.0 Å². The minimum Gasteiger partial charge on any atom is -0.486 e. The standard InChI is InChI=1S/C23H18N2O4/c1-14-2-4-15(5-3-14)22-18-12-16(6-8-19(18)25-29-22)23(26)24-17-7-9-20-21(13-17)28-11-10-27-20/h2-9,12-13H,10-11H2,1H3,(H,24,26). The monoisotopic (exact) mass is 386 g/mol. The summed E-state index contributed by atoms with van der Waals surface area (Å²) < 4.78 is 16.6. The third-order valence-corrected chi connectivity index (χ3v) is 4.85. The highest BCUT2D eigenvalue weighted by atomic mass is 16.6. The summed E-state index contributed by atoms with van der Waals surface area (Å²) in [7, 11) is 0. The molecule has 5 rings (SSSR count). The quantitative estimate of drug-likeness (QED) is 0.546. The van der Waals surface area contributed by atoms with Gasteiger partial charge in [-0.25, -0.2) is 0 Å². The molecular weight excluding hydrogens is 368 g/mol. The zero-order chi connectivity index (χ0) is 19.8. The molecular formula is C23H18N2O4. The fourth-order valence-corrected chi connectivity index (χ4v) is 3.32. The summed E-state index contributed by atoms with van der Waals surface area (Å²) in [6.07, 6.45) is 0. The van der Waals surface area contributed by atoms with Crippen molar-refractivity contribution in [2.45, 2.75) is 6.92 Å². The Hall–Kier alpha value is -3.80. The maximum atomic E-state index is 12.8. The molecule has 1 aromatic heterocycles. The van der Waals surface area contributed by atoms with Gasteiger partial charge in [-0.15, -0.1) is 0 Å². The van der Waals surface area contributed by atoms with Crippen LogP contribution in [0.5, 0.6) is 11.5 Å². The van der Waals surface area contributed by atoms with Crippen LogP contribution in [-0.4, -0.2) is 24.3 Å². The maximum absolute atomic E-state index is 12.8. The summed E-state index contributed by atoms with van der Waals surface area (Å²) in [5.41, 5.74) is 3.95. The number of amides is 1. The Kier molecular flexibility index (Phi) is 4.17. The minimum atomic E-state index is -0.223. The van der Waals surface area contributed by atoms with Crippen LogP contribution in [0.25, 0.3) is 22.2 Å². The normalized spacial score (nSPS) is 12.7. The molecule has 0 atom stereocenters. The van der Waals surface area contributed by atoms with Gasteiger partial charge in [0.25, 0.3) is 5.91 Å². The average molecular weight is 386 g/mol. The number of benzene rings is 3. The van der Waals surface area contributed by atoms with E-state index in [0.717, 1.165) is 16.5 Å². The SMILES string of the molecule is Cc1ccc(-c2onc3ccc(C(=O)Nc4ccc5c(c4)OCCO5)cc23)cc1. The Balaban J connectivity index is 1.44. The zero-order valence-corrected chi connectivity index (χ0v) is 15.8. The number of fused-ring (bicyclic) bond motifs is 2. The van der Waals surface area contributed by atoms with Crippen LogP contribution in [0, 0.1) is 6.92 Å². The highest BCUT2D eigenvalue weighted by Gasteiger charge is 2.16. The molecule has 0 spiro atoms. The minimum absolute atomic E-state index is 0.223. The van der Waals surface area contributed by atoms with E-state index in [2.05, 4.69) is 10.5 Å². The predicted octanol–water partition coefficient (Wildman–Crippen LogP) is 4.83. The third kappa shape index (κ3) is 3.29. The second kappa shape index (κ2) is 6.98. The largest absolute Gasteiger partial charge is 0.486 e. The van der Waals surface area contributed by atoms with Crippen molar-refractivity contribution in [1.82, 2.24) is 5.16 Å². The number of hydrogen-bond donors (Lipinski definition) is 1. The summed E-state index contributed by atoms with van der Waals surface area (Å²) in [6.45, 7) is 3.06. The molecule has 6 heteroatoms. The molecule has 0 radical (unpaired) electrons. The number of aromatic nitrogens is 1. The van der Waals surface area contributed by atoms with Crippen LogP contribution >= 0.6 is 0 Å². The Morgan fingerprint density at radius 3 is 2.55 bits per heavy atom. The van der Waals surface area contributed by atoms with Gasteiger partial charge in [0.2, 0.25) is 0 Å². The molecule has 3 aromatic carbocycles. The first-order valence-electron chi connectivity index (χ1n) is 9.35. The van der Waals surface area contributed by atoms with Crippen molar-refractivity contribution in [3.05, 3.63) is 71.8 Å². The van der Waals surface area contributed by atoms with E-state index < -0.39 is 0 Å². The van der Waals surface area contributed by atoms with Crippen LogP contribution in [0.2, 0.25) is 0 Å². The highest BCUT2D eigenvalue weighted by molar-refractivity contribution is 6.07. The zero-order valence-electron chi connectivity index (χ0n) is 15.8. The molecule has 4 aromatic rings. The molecule has 6 nitrogen and oxygen atoms in total. The molecule has 0 bridgehead atoms. The number of rotatable bonds is 3. The molecule has 0 fully saturated rings. The van der Waals surface area contributed by atoms with E-state index in [1.54, 1.807) is 36.4 Å². The van der Waals surface area contributed by atoms with E-state index in [1.165, 1.54) is 0 Å². The van der Waals surface area contributed by atoms with Crippen molar-refractivity contribution in [2.75, 3.05) is 18.5 Å². The number of carbonyl (C=O) groups is 1. The molecule has 0 unspecified atom stereocenters. The lowest BCUT2D eigenvalue weighted by molar-refractivity contribution is 0.102. The van der Waals surface area contributed by atoms with Gasteiger partial charge >= 0.3 is 0 Å². The van der Waals surface area contributed by atoms with Crippen LogP contribution in [-0.2, 0) is 0 Å². The van der Waals surface area contributed by atoms with Crippen LogP contribution in [0.1, 0.15) is 15.9 Å². The van der Waals surface area contributed by atoms with E-state index >= 15 is 0 Å². The summed E-state index contributed by atoms with van der Waals surface area (Å²) in [5, 5.41) is 7.81. The molecule has 144 valence electrons. The highest BCUT2D eigenvalue weighted by Crippen LogP contribution is 2.33. The first-order chi connectivity index (χ1) is 14.2. The molecule has 1 aliphatic rings. The first kappa shape index (κ1) is 17.3. The number of nitrogens with one attached hydrogen (secondary N) is 1. The number of ether oxygens (including phenoxy) is 2. The second-order valence-corrected chi connectivity index (χ2v) is 6.92. The molecule has 1 amide bonds. The van der Waals surface area contributed by atoms with Gasteiger partial charge in [-0.05, 0) is 37.3 Å². The molecule has 0 saturated heterocycles. The van der Waals surface area contributed by atoms with Crippen molar-refractivity contribution >= 4 is 22.5 Å². The Morgan fingerprint density at radius 2 is 1.72 bits per heavy atom.